The third-order valence-electron chi connectivity index (χ3n) is 2.38. The maximum absolute atomic E-state index is 2.37. The summed E-state index contributed by atoms with van der Waals surface area (Å²) in [6.07, 6.45) is 5.78. The predicted molar refractivity (Wildman–Crippen MR) is 41.4 cm³/mol. The van der Waals surface area contributed by atoms with E-state index in [1.54, 1.807) is 0 Å². The van der Waals surface area contributed by atoms with Gasteiger partial charge in [-0.25, -0.2) is 0 Å². The third kappa shape index (κ3) is 1.70. The topological polar surface area (TPSA) is 0 Å². The second-order valence-corrected chi connectivity index (χ2v) is 4.23. The van der Waals surface area contributed by atoms with Crippen LogP contribution in [-0.2, 0) is 0 Å². The van der Waals surface area contributed by atoms with Crippen molar-refractivity contribution in [1.82, 2.24) is 0 Å². The quantitative estimate of drug-likeness (QED) is 0.533. The molecule has 0 aromatic carbocycles. The van der Waals surface area contributed by atoms with Crippen LogP contribution in [0.25, 0.3) is 0 Å². The molecule has 0 heterocycles. The Morgan fingerprint density at radius 1 is 1.33 bits per heavy atom. The minimum atomic E-state index is 0.694. The van der Waals surface area contributed by atoms with E-state index in [2.05, 4.69) is 20.8 Å². The molecule has 1 rings (SSSR count). The van der Waals surface area contributed by atoms with Crippen LogP contribution >= 0.6 is 0 Å². The molecule has 0 nitrogen and oxygen atoms in total. The van der Waals surface area contributed by atoms with Gasteiger partial charge < -0.3 is 0 Å². The van der Waals surface area contributed by atoms with Gasteiger partial charge in [0.2, 0.25) is 0 Å². The van der Waals surface area contributed by atoms with Crippen LogP contribution in [0.1, 0.15) is 46.5 Å². The van der Waals surface area contributed by atoms with Gasteiger partial charge in [-0.05, 0) is 24.2 Å². The first-order chi connectivity index (χ1) is 4.14. The molecule has 0 spiro atoms. The molecule has 0 aliphatic heterocycles. The molecule has 0 aromatic rings. The summed E-state index contributed by atoms with van der Waals surface area (Å²) in [6, 6.07) is 0. The highest BCUT2D eigenvalue weighted by atomic mass is 14.4. The molecule has 0 saturated heterocycles. The van der Waals surface area contributed by atoms with E-state index in [1.807, 2.05) is 0 Å². The van der Waals surface area contributed by atoms with Gasteiger partial charge in [0, 0.05) is 0 Å². The van der Waals surface area contributed by atoms with Crippen LogP contribution in [0.2, 0.25) is 0 Å². The molecule has 0 radical (unpaired) electrons. The van der Waals surface area contributed by atoms with Gasteiger partial charge in [-0.1, -0.05) is 33.6 Å². The van der Waals surface area contributed by atoms with Gasteiger partial charge in [-0.2, -0.15) is 0 Å². The summed E-state index contributed by atoms with van der Waals surface area (Å²) in [6.45, 7) is 7.03. The van der Waals surface area contributed by atoms with Crippen molar-refractivity contribution >= 4 is 0 Å². The maximum Gasteiger partial charge on any atom is -0.0349 e. The minimum absolute atomic E-state index is 0.694. The SMILES string of the molecule is CCCC1CC(C)(C)C1. The lowest BCUT2D eigenvalue weighted by Crippen LogP contribution is -2.31. The van der Waals surface area contributed by atoms with Crippen molar-refractivity contribution < 1.29 is 0 Å². The second-order valence-electron chi connectivity index (χ2n) is 4.23. The Morgan fingerprint density at radius 3 is 2.22 bits per heavy atom. The molecule has 0 heteroatoms. The summed E-state index contributed by atoms with van der Waals surface area (Å²) >= 11 is 0. The molecule has 0 amide bonds. The average molecular weight is 126 g/mol. The fourth-order valence-corrected chi connectivity index (χ4v) is 2.12. The first kappa shape index (κ1) is 7.11. The van der Waals surface area contributed by atoms with E-state index < -0.39 is 0 Å². The zero-order chi connectivity index (χ0) is 6.91. The standard InChI is InChI=1S/C9H18/c1-4-5-8-6-9(2,3)7-8/h8H,4-7H2,1-3H3. The van der Waals surface area contributed by atoms with Crippen LogP contribution in [0.5, 0.6) is 0 Å². The fraction of sp³-hybridized carbons (Fsp3) is 1.00. The summed E-state index contributed by atoms with van der Waals surface area (Å²) < 4.78 is 0. The van der Waals surface area contributed by atoms with E-state index in [1.165, 1.54) is 25.7 Å². The normalized spacial score (nSPS) is 25.7. The largest absolute Gasteiger partial charge is 0.0654 e. The van der Waals surface area contributed by atoms with Gasteiger partial charge in [-0.3, -0.25) is 0 Å². The summed E-state index contributed by atoms with van der Waals surface area (Å²) in [5, 5.41) is 0. The third-order valence-corrected chi connectivity index (χ3v) is 2.38. The smallest absolute Gasteiger partial charge is 0.0349 e. The van der Waals surface area contributed by atoms with Crippen molar-refractivity contribution in [1.29, 1.82) is 0 Å². The van der Waals surface area contributed by atoms with Gasteiger partial charge in [0.15, 0.2) is 0 Å². The number of rotatable bonds is 2. The molecule has 0 atom stereocenters. The van der Waals surface area contributed by atoms with E-state index in [4.69, 9.17) is 0 Å². The van der Waals surface area contributed by atoms with Crippen LogP contribution < -0.4 is 0 Å². The van der Waals surface area contributed by atoms with Gasteiger partial charge in [0.05, 0.1) is 0 Å². The molecular weight excluding hydrogens is 108 g/mol. The molecule has 1 aliphatic rings. The molecule has 1 fully saturated rings. The fourth-order valence-electron chi connectivity index (χ4n) is 2.12. The van der Waals surface area contributed by atoms with Gasteiger partial charge >= 0.3 is 0 Å². The van der Waals surface area contributed by atoms with Crippen LogP contribution in [0.4, 0.5) is 0 Å². The van der Waals surface area contributed by atoms with Crippen molar-refractivity contribution in [2.24, 2.45) is 11.3 Å². The zero-order valence-corrected chi connectivity index (χ0v) is 6.91. The molecule has 0 aromatic heterocycles. The van der Waals surface area contributed by atoms with Crippen LogP contribution in [0.3, 0.4) is 0 Å². The molecule has 0 N–H and O–H groups in total. The van der Waals surface area contributed by atoms with E-state index >= 15 is 0 Å². The highest BCUT2D eigenvalue weighted by molar-refractivity contribution is 4.85. The Hall–Kier alpha value is 0. The summed E-state index contributed by atoms with van der Waals surface area (Å²) in [4.78, 5) is 0. The van der Waals surface area contributed by atoms with Crippen LogP contribution in [0, 0.1) is 11.3 Å². The van der Waals surface area contributed by atoms with E-state index in [9.17, 15) is 0 Å². The Kier molecular flexibility index (Phi) is 1.83. The number of hydrogen-bond acceptors (Lipinski definition) is 0. The van der Waals surface area contributed by atoms with Crippen molar-refractivity contribution in [3.63, 3.8) is 0 Å². The summed E-state index contributed by atoms with van der Waals surface area (Å²) in [5.41, 5.74) is 0.694. The molecule has 9 heavy (non-hydrogen) atoms. The molecule has 0 unspecified atom stereocenters. The van der Waals surface area contributed by atoms with Crippen molar-refractivity contribution in [2.45, 2.75) is 46.5 Å². The van der Waals surface area contributed by atoms with Crippen molar-refractivity contribution in [3.8, 4) is 0 Å². The van der Waals surface area contributed by atoms with Crippen LogP contribution in [0.15, 0.2) is 0 Å². The van der Waals surface area contributed by atoms with E-state index in [0.29, 0.717) is 5.41 Å². The lowest BCUT2D eigenvalue weighted by Gasteiger charge is -2.42. The molecule has 0 bridgehead atoms. The monoisotopic (exact) mass is 126 g/mol. The second kappa shape index (κ2) is 2.32. The lowest BCUT2D eigenvalue weighted by molar-refractivity contribution is 0.0893. The Bertz CT molecular complexity index is 84.2. The predicted octanol–water partition coefficient (Wildman–Crippen LogP) is 3.22. The number of hydrogen-bond donors (Lipinski definition) is 0. The lowest BCUT2D eigenvalue weighted by atomic mass is 9.63. The Morgan fingerprint density at radius 2 is 1.89 bits per heavy atom. The average Bonchev–Trinajstić information content (AvgIpc) is 1.62. The first-order valence-corrected chi connectivity index (χ1v) is 4.14. The Labute approximate surface area is 58.7 Å². The molecule has 1 saturated carbocycles. The summed E-state index contributed by atoms with van der Waals surface area (Å²) in [5.74, 6) is 1.07. The summed E-state index contributed by atoms with van der Waals surface area (Å²) in [7, 11) is 0. The highest BCUT2D eigenvalue weighted by Gasteiger charge is 2.34. The van der Waals surface area contributed by atoms with Gasteiger partial charge in [0.25, 0.3) is 0 Å². The molecule has 54 valence electrons. The zero-order valence-electron chi connectivity index (χ0n) is 6.91. The van der Waals surface area contributed by atoms with Crippen molar-refractivity contribution in [2.75, 3.05) is 0 Å². The van der Waals surface area contributed by atoms with Gasteiger partial charge in [0.1, 0.15) is 0 Å². The van der Waals surface area contributed by atoms with Crippen molar-refractivity contribution in [3.05, 3.63) is 0 Å². The molecule has 1 aliphatic carbocycles. The van der Waals surface area contributed by atoms with Crippen LogP contribution in [-0.4, -0.2) is 0 Å². The van der Waals surface area contributed by atoms with E-state index in [0.717, 1.165) is 5.92 Å². The maximum atomic E-state index is 2.37. The first-order valence-electron chi connectivity index (χ1n) is 4.14. The Balaban J connectivity index is 2.12. The van der Waals surface area contributed by atoms with Gasteiger partial charge in [-0.15, -0.1) is 0 Å². The highest BCUT2D eigenvalue weighted by Crippen LogP contribution is 2.46. The minimum Gasteiger partial charge on any atom is -0.0654 e. The molecular formula is C9H18. The van der Waals surface area contributed by atoms with E-state index in [-0.39, 0.29) is 0 Å².